The van der Waals surface area contributed by atoms with Gasteiger partial charge < -0.3 is 10.2 Å². The lowest BCUT2D eigenvalue weighted by molar-refractivity contribution is -0.134. The summed E-state index contributed by atoms with van der Waals surface area (Å²) >= 11 is 1.74. The first kappa shape index (κ1) is 21.5. The van der Waals surface area contributed by atoms with Gasteiger partial charge in [-0.1, -0.05) is 55.5 Å². The van der Waals surface area contributed by atoms with Crippen LogP contribution in [0.15, 0.2) is 71.6 Å². The van der Waals surface area contributed by atoms with Crippen molar-refractivity contribution in [1.29, 1.82) is 0 Å². The summed E-state index contributed by atoms with van der Waals surface area (Å²) < 4.78 is 0. The molecule has 5 rings (SSSR count). The zero-order valence-corrected chi connectivity index (χ0v) is 19.4. The number of carbonyl (C=O) groups is 3. The molecule has 4 amide bonds. The van der Waals surface area contributed by atoms with Crippen molar-refractivity contribution in [1.82, 2.24) is 10.2 Å². The van der Waals surface area contributed by atoms with Gasteiger partial charge in [0.15, 0.2) is 0 Å². The van der Waals surface area contributed by atoms with E-state index in [2.05, 4.69) is 12.2 Å². The van der Waals surface area contributed by atoms with Gasteiger partial charge in [0.2, 0.25) is 5.91 Å². The average molecular weight is 460 g/mol. The van der Waals surface area contributed by atoms with Crippen molar-refractivity contribution in [2.75, 3.05) is 18.0 Å². The summed E-state index contributed by atoms with van der Waals surface area (Å²) in [6, 6.07) is 20.8. The van der Waals surface area contributed by atoms with E-state index in [0.717, 1.165) is 32.7 Å². The number of para-hydroxylation sites is 1. The van der Waals surface area contributed by atoms with E-state index in [1.807, 2.05) is 66.7 Å². The van der Waals surface area contributed by atoms with Gasteiger partial charge in [0, 0.05) is 16.7 Å². The fraction of sp³-hybridized carbons (Fsp3) is 0.269. The predicted octanol–water partition coefficient (Wildman–Crippen LogP) is 4.52. The minimum absolute atomic E-state index is 0.261. The molecule has 0 aliphatic carbocycles. The highest BCUT2D eigenvalue weighted by atomic mass is 32.2. The second kappa shape index (κ2) is 8.23. The Morgan fingerprint density at radius 3 is 2.61 bits per heavy atom. The number of anilines is 1. The van der Waals surface area contributed by atoms with Gasteiger partial charge in [0.25, 0.3) is 5.91 Å². The lowest BCUT2D eigenvalue weighted by Crippen LogP contribution is -2.45. The fourth-order valence-corrected chi connectivity index (χ4v) is 5.62. The third kappa shape index (κ3) is 3.76. The van der Waals surface area contributed by atoms with E-state index in [0.29, 0.717) is 17.4 Å². The molecule has 6 nitrogen and oxygen atoms in total. The van der Waals surface area contributed by atoms with Crippen LogP contribution in [-0.4, -0.2) is 41.1 Å². The van der Waals surface area contributed by atoms with Crippen LogP contribution in [0.2, 0.25) is 0 Å². The van der Waals surface area contributed by atoms with Gasteiger partial charge >= 0.3 is 6.03 Å². The smallest absolute Gasteiger partial charge is 0.319 e. The Labute approximate surface area is 196 Å². The van der Waals surface area contributed by atoms with Crippen LogP contribution in [0.25, 0.3) is 10.8 Å². The molecule has 0 aromatic heterocycles. The number of hydrogen-bond acceptors (Lipinski definition) is 4. The van der Waals surface area contributed by atoms with Crippen molar-refractivity contribution in [3.63, 3.8) is 0 Å². The van der Waals surface area contributed by atoms with Gasteiger partial charge in [-0.05, 0) is 47.9 Å². The zero-order chi connectivity index (χ0) is 23.2. The summed E-state index contributed by atoms with van der Waals surface area (Å²) in [4.78, 5) is 43.4. The molecule has 2 heterocycles. The Balaban J connectivity index is 1.41. The summed E-state index contributed by atoms with van der Waals surface area (Å²) in [6.07, 6.45) is 0.833. The first-order chi connectivity index (χ1) is 15.9. The topological polar surface area (TPSA) is 69.7 Å². The predicted molar refractivity (Wildman–Crippen MR) is 130 cm³/mol. The van der Waals surface area contributed by atoms with Crippen molar-refractivity contribution in [2.45, 2.75) is 36.0 Å². The van der Waals surface area contributed by atoms with Crippen molar-refractivity contribution in [3.8, 4) is 0 Å². The van der Waals surface area contributed by atoms with E-state index in [9.17, 15) is 14.4 Å². The third-order valence-electron chi connectivity index (χ3n) is 6.44. The van der Waals surface area contributed by atoms with Crippen LogP contribution >= 0.6 is 11.8 Å². The number of hydrogen-bond donors (Lipinski definition) is 1. The molecule has 2 atom stereocenters. The number of nitrogens with zero attached hydrogens (tertiary/aromatic N) is 2. The lowest BCUT2D eigenvalue weighted by atomic mass is 9.90. The number of rotatable bonds is 3. The number of carbonyl (C=O) groups excluding carboxylic acids is 3. The van der Waals surface area contributed by atoms with Gasteiger partial charge in [0.05, 0.1) is 5.69 Å². The molecule has 33 heavy (non-hydrogen) atoms. The molecule has 0 radical (unpaired) electrons. The molecule has 1 saturated heterocycles. The van der Waals surface area contributed by atoms with Gasteiger partial charge in [-0.25, -0.2) is 4.79 Å². The van der Waals surface area contributed by atoms with Gasteiger partial charge in [-0.15, -0.1) is 11.8 Å². The Morgan fingerprint density at radius 2 is 1.79 bits per heavy atom. The molecule has 168 valence electrons. The highest BCUT2D eigenvalue weighted by Crippen LogP contribution is 2.37. The van der Waals surface area contributed by atoms with Gasteiger partial charge in [0.1, 0.15) is 12.1 Å². The first-order valence-electron chi connectivity index (χ1n) is 11.1. The molecule has 0 unspecified atom stereocenters. The average Bonchev–Trinajstić information content (AvgIpc) is 2.94. The second-order valence-electron chi connectivity index (χ2n) is 8.74. The van der Waals surface area contributed by atoms with E-state index in [4.69, 9.17) is 0 Å². The van der Waals surface area contributed by atoms with Crippen molar-refractivity contribution >= 4 is 46.1 Å². The summed E-state index contributed by atoms with van der Waals surface area (Å²) in [7, 11) is 0. The molecule has 1 N–H and O–H groups in total. The molecule has 3 aromatic rings. The van der Waals surface area contributed by atoms with Crippen LogP contribution in [0.4, 0.5) is 10.5 Å². The Kier molecular flexibility index (Phi) is 5.37. The van der Waals surface area contributed by atoms with Crippen LogP contribution in [0, 0.1) is 0 Å². The van der Waals surface area contributed by atoms with Crippen molar-refractivity contribution in [3.05, 3.63) is 72.3 Å². The number of urea groups is 1. The van der Waals surface area contributed by atoms with Crippen LogP contribution in [0.5, 0.6) is 0 Å². The Bertz CT molecular complexity index is 1280. The second-order valence-corrected chi connectivity index (χ2v) is 10.2. The normalized spacial score (nSPS) is 22.8. The monoisotopic (exact) mass is 459 g/mol. The first-order valence-corrected chi connectivity index (χ1v) is 11.9. The SMILES string of the molecule is C[C@H]1CCN(C(=O)CN2C(=O)N[C@@](C)(c3ccc4ccccc4c3)C2=O)c2ccccc2S1. The molecule has 0 spiro atoms. The maximum Gasteiger partial charge on any atom is 0.325 e. The lowest BCUT2D eigenvalue weighted by Gasteiger charge is -2.25. The van der Waals surface area contributed by atoms with Crippen LogP contribution < -0.4 is 10.2 Å². The number of amides is 4. The molecule has 0 bridgehead atoms. The van der Waals surface area contributed by atoms with E-state index >= 15 is 0 Å². The highest BCUT2D eigenvalue weighted by molar-refractivity contribution is 8.00. The maximum atomic E-state index is 13.4. The van der Waals surface area contributed by atoms with Gasteiger partial charge in [-0.2, -0.15) is 0 Å². The quantitative estimate of drug-likeness (QED) is 0.585. The van der Waals surface area contributed by atoms with E-state index in [1.54, 1.807) is 23.6 Å². The molecular formula is C26H25N3O3S. The standard InChI is InChI=1S/C26H25N3O3S/c1-17-13-14-28(21-9-5-6-10-22(21)33-17)23(30)16-29-24(31)26(2,27-25(29)32)20-12-11-18-7-3-4-8-19(18)15-20/h3-12,15,17H,13-14,16H2,1-2H3,(H,27,32)/t17-,26-/m0/s1. The fourth-order valence-electron chi connectivity index (χ4n) is 4.50. The molecule has 2 aliphatic heterocycles. The van der Waals surface area contributed by atoms with E-state index in [1.165, 1.54) is 0 Å². The number of thioether (sulfide) groups is 1. The van der Waals surface area contributed by atoms with Crippen LogP contribution in [0.3, 0.4) is 0 Å². The van der Waals surface area contributed by atoms with Gasteiger partial charge in [-0.3, -0.25) is 14.5 Å². The third-order valence-corrected chi connectivity index (χ3v) is 7.68. The minimum Gasteiger partial charge on any atom is -0.319 e. The number of benzene rings is 3. The Hall–Kier alpha value is -3.32. The van der Waals surface area contributed by atoms with E-state index < -0.39 is 17.5 Å². The summed E-state index contributed by atoms with van der Waals surface area (Å²) in [5.74, 6) is -0.676. The van der Waals surface area contributed by atoms with Crippen LogP contribution in [-0.2, 0) is 15.1 Å². The molecular weight excluding hydrogens is 434 g/mol. The summed E-state index contributed by atoms with van der Waals surface area (Å²) in [6.45, 7) is 4.10. The molecule has 3 aromatic carbocycles. The zero-order valence-electron chi connectivity index (χ0n) is 18.6. The highest BCUT2D eigenvalue weighted by Gasteiger charge is 2.50. The Morgan fingerprint density at radius 1 is 1.06 bits per heavy atom. The summed E-state index contributed by atoms with van der Waals surface area (Å²) in [5, 5.41) is 5.24. The van der Waals surface area contributed by atoms with E-state index in [-0.39, 0.29) is 12.5 Å². The number of fused-ring (bicyclic) bond motifs is 2. The minimum atomic E-state index is -1.22. The van der Waals surface area contributed by atoms with Crippen molar-refractivity contribution in [2.24, 2.45) is 0 Å². The maximum absolute atomic E-state index is 13.4. The molecule has 2 aliphatic rings. The largest absolute Gasteiger partial charge is 0.325 e. The number of imide groups is 1. The number of nitrogens with one attached hydrogen (secondary N) is 1. The van der Waals surface area contributed by atoms with Crippen molar-refractivity contribution < 1.29 is 14.4 Å². The van der Waals surface area contributed by atoms with Crippen LogP contribution in [0.1, 0.15) is 25.8 Å². The molecule has 0 saturated carbocycles. The molecule has 1 fully saturated rings. The summed E-state index contributed by atoms with van der Waals surface area (Å²) in [5.41, 5.74) is 0.309. The molecule has 7 heteroatoms.